The third-order valence-corrected chi connectivity index (χ3v) is 2.97. The maximum Gasteiger partial charge on any atom is 0.194 e. The molecule has 88 valence electrons. The average Bonchev–Trinajstić information content (AvgIpc) is 3.07. The molecule has 1 aliphatic rings. The molecular weight excluding hydrogens is 217 g/mol. The summed E-state index contributed by atoms with van der Waals surface area (Å²) in [6.07, 6.45) is 2.45. The molecule has 1 N–H and O–H groups in total. The fraction of sp³-hybridized carbons (Fsp3) is 0.500. The fourth-order valence-electron chi connectivity index (χ4n) is 1.75. The Labute approximate surface area is 91.9 Å². The van der Waals surface area contributed by atoms with Crippen LogP contribution in [0, 0.1) is 23.4 Å². The van der Waals surface area contributed by atoms with E-state index < -0.39 is 23.6 Å². The van der Waals surface area contributed by atoms with E-state index in [1.165, 1.54) is 0 Å². The molecule has 0 radical (unpaired) electrons. The van der Waals surface area contributed by atoms with Crippen molar-refractivity contribution in [2.24, 2.45) is 5.92 Å². The van der Waals surface area contributed by atoms with Gasteiger partial charge < -0.3 is 5.11 Å². The van der Waals surface area contributed by atoms with E-state index in [0.29, 0.717) is 12.3 Å². The average molecular weight is 230 g/mol. The van der Waals surface area contributed by atoms with E-state index in [1.807, 2.05) is 0 Å². The molecule has 1 aliphatic carbocycles. The quantitative estimate of drug-likeness (QED) is 0.786. The zero-order chi connectivity index (χ0) is 11.7. The largest absolute Gasteiger partial charge is 0.388 e. The van der Waals surface area contributed by atoms with E-state index >= 15 is 0 Å². The smallest absolute Gasteiger partial charge is 0.194 e. The van der Waals surface area contributed by atoms with Crippen LogP contribution in [-0.2, 0) is 0 Å². The van der Waals surface area contributed by atoms with Crippen molar-refractivity contribution >= 4 is 0 Å². The number of halogens is 3. The highest BCUT2D eigenvalue weighted by Crippen LogP contribution is 2.36. The van der Waals surface area contributed by atoms with Crippen molar-refractivity contribution < 1.29 is 18.3 Å². The molecule has 1 aromatic rings. The van der Waals surface area contributed by atoms with Crippen LogP contribution in [0.1, 0.15) is 37.4 Å². The van der Waals surface area contributed by atoms with E-state index in [-0.39, 0.29) is 5.56 Å². The third-order valence-electron chi connectivity index (χ3n) is 2.97. The molecular formula is C12H13F3O. The molecule has 0 aromatic heterocycles. The van der Waals surface area contributed by atoms with E-state index in [4.69, 9.17) is 0 Å². The Morgan fingerprint density at radius 3 is 2.50 bits per heavy atom. The van der Waals surface area contributed by atoms with Gasteiger partial charge in [-0.3, -0.25) is 0 Å². The van der Waals surface area contributed by atoms with Crippen LogP contribution in [0.5, 0.6) is 0 Å². The molecule has 4 heteroatoms. The molecule has 0 amide bonds. The first-order valence-electron chi connectivity index (χ1n) is 5.41. The minimum absolute atomic E-state index is 0.153. The summed E-state index contributed by atoms with van der Waals surface area (Å²) < 4.78 is 38.8. The van der Waals surface area contributed by atoms with Crippen LogP contribution in [0.2, 0.25) is 0 Å². The van der Waals surface area contributed by atoms with Gasteiger partial charge in [-0.25, -0.2) is 13.2 Å². The van der Waals surface area contributed by atoms with Crippen LogP contribution in [0.15, 0.2) is 12.1 Å². The Kier molecular flexibility index (Phi) is 3.19. The summed E-state index contributed by atoms with van der Waals surface area (Å²) in [7, 11) is 0. The number of aliphatic hydroxyl groups excluding tert-OH is 1. The van der Waals surface area contributed by atoms with Crippen LogP contribution in [-0.4, -0.2) is 5.11 Å². The number of hydrogen-bond donors (Lipinski definition) is 1. The first kappa shape index (κ1) is 11.5. The summed E-state index contributed by atoms with van der Waals surface area (Å²) in [5, 5.41) is 9.66. The van der Waals surface area contributed by atoms with Crippen LogP contribution < -0.4 is 0 Å². The van der Waals surface area contributed by atoms with Crippen molar-refractivity contribution in [1.82, 2.24) is 0 Å². The molecule has 1 fully saturated rings. The van der Waals surface area contributed by atoms with Gasteiger partial charge in [-0.15, -0.1) is 0 Å². The summed E-state index contributed by atoms with van der Waals surface area (Å²) in [5.74, 6) is -3.40. The zero-order valence-electron chi connectivity index (χ0n) is 8.72. The summed E-state index contributed by atoms with van der Waals surface area (Å²) >= 11 is 0. The van der Waals surface area contributed by atoms with Gasteiger partial charge in [0.1, 0.15) is 0 Å². The van der Waals surface area contributed by atoms with Gasteiger partial charge in [0.2, 0.25) is 0 Å². The molecule has 0 saturated heterocycles. The Balaban J connectivity index is 2.09. The van der Waals surface area contributed by atoms with Gasteiger partial charge in [-0.05, 0) is 24.8 Å². The van der Waals surface area contributed by atoms with E-state index in [9.17, 15) is 18.3 Å². The molecule has 0 spiro atoms. The van der Waals surface area contributed by atoms with Crippen molar-refractivity contribution in [1.29, 1.82) is 0 Å². The lowest BCUT2D eigenvalue weighted by atomic mass is 10.0. The minimum atomic E-state index is -1.51. The molecule has 0 heterocycles. The predicted molar refractivity (Wildman–Crippen MR) is 53.2 cm³/mol. The second-order valence-electron chi connectivity index (χ2n) is 4.30. The van der Waals surface area contributed by atoms with Crippen LogP contribution >= 0.6 is 0 Å². The van der Waals surface area contributed by atoms with Crippen LogP contribution in [0.3, 0.4) is 0 Å². The SMILES string of the molecule is OC(CCC1CC1)c1ccc(F)c(F)c1F. The lowest BCUT2D eigenvalue weighted by Crippen LogP contribution is -2.04. The number of hydrogen-bond acceptors (Lipinski definition) is 1. The maximum atomic E-state index is 13.3. The molecule has 1 nitrogen and oxygen atoms in total. The molecule has 1 saturated carbocycles. The van der Waals surface area contributed by atoms with Gasteiger partial charge in [-0.2, -0.15) is 0 Å². The number of rotatable bonds is 4. The molecule has 1 atom stereocenters. The fourth-order valence-corrected chi connectivity index (χ4v) is 1.75. The van der Waals surface area contributed by atoms with Crippen molar-refractivity contribution in [3.63, 3.8) is 0 Å². The van der Waals surface area contributed by atoms with Crippen molar-refractivity contribution in [3.8, 4) is 0 Å². The van der Waals surface area contributed by atoms with E-state index in [1.54, 1.807) is 0 Å². The topological polar surface area (TPSA) is 20.2 Å². The Morgan fingerprint density at radius 1 is 1.19 bits per heavy atom. The zero-order valence-corrected chi connectivity index (χ0v) is 8.72. The monoisotopic (exact) mass is 230 g/mol. The normalized spacial score (nSPS) is 17.5. The first-order valence-corrected chi connectivity index (χ1v) is 5.41. The number of aliphatic hydroxyl groups is 1. The Bertz CT molecular complexity index is 388. The molecule has 0 aliphatic heterocycles. The summed E-state index contributed by atoms with van der Waals surface area (Å²) in [5.41, 5.74) is -0.153. The highest BCUT2D eigenvalue weighted by atomic mass is 19.2. The van der Waals surface area contributed by atoms with Crippen molar-refractivity contribution in [3.05, 3.63) is 35.1 Å². The molecule has 1 aromatic carbocycles. The first-order chi connectivity index (χ1) is 7.59. The number of benzene rings is 1. The van der Waals surface area contributed by atoms with Gasteiger partial charge in [0.05, 0.1) is 6.10 Å². The maximum absolute atomic E-state index is 13.3. The standard InChI is InChI=1S/C12H13F3O/c13-9-5-4-8(11(14)12(9)15)10(16)6-3-7-1-2-7/h4-5,7,10,16H,1-3,6H2. The molecule has 0 bridgehead atoms. The molecule has 16 heavy (non-hydrogen) atoms. The van der Waals surface area contributed by atoms with E-state index in [2.05, 4.69) is 0 Å². The van der Waals surface area contributed by atoms with Gasteiger partial charge >= 0.3 is 0 Å². The Morgan fingerprint density at radius 2 is 1.88 bits per heavy atom. The molecule has 1 unspecified atom stereocenters. The van der Waals surface area contributed by atoms with E-state index in [0.717, 1.165) is 31.4 Å². The lowest BCUT2D eigenvalue weighted by molar-refractivity contribution is 0.156. The van der Waals surface area contributed by atoms with Gasteiger partial charge in [0, 0.05) is 5.56 Å². The lowest BCUT2D eigenvalue weighted by Gasteiger charge is -2.12. The summed E-state index contributed by atoms with van der Waals surface area (Å²) in [6.45, 7) is 0. The second kappa shape index (κ2) is 4.45. The highest BCUT2D eigenvalue weighted by molar-refractivity contribution is 5.22. The Hall–Kier alpha value is -1.03. The molecule has 2 rings (SSSR count). The van der Waals surface area contributed by atoms with Crippen LogP contribution in [0.25, 0.3) is 0 Å². The third kappa shape index (κ3) is 2.38. The minimum Gasteiger partial charge on any atom is -0.388 e. The predicted octanol–water partition coefficient (Wildman–Crippen LogP) is 3.33. The summed E-state index contributed by atoms with van der Waals surface area (Å²) in [4.78, 5) is 0. The highest BCUT2D eigenvalue weighted by Gasteiger charge is 2.24. The van der Waals surface area contributed by atoms with Crippen LogP contribution in [0.4, 0.5) is 13.2 Å². The summed E-state index contributed by atoms with van der Waals surface area (Å²) in [6, 6.07) is 1.94. The van der Waals surface area contributed by atoms with Crippen molar-refractivity contribution in [2.75, 3.05) is 0 Å². The van der Waals surface area contributed by atoms with Gasteiger partial charge in [0.15, 0.2) is 17.5 Å². The van der Waals surface area contributed by atoms with Gasteiger partial charge in [0.25, 0.3) is 0 Å². The van der Waals surface area contributed by atoms with Crippen molar-refractivity contribution in [2.45, 2.75) is 31.8 Å². The van der Waals surface area contributed by atoms with Gasteiger partial charge in [-0.1, -0.05) is 18.9 Å². The second-order valence-corrected chi connectivity index (χ2v) is 4.30.